The summed E-state index contributed by atoms with van der Waals surface area (Å²) < 4.78 is 14.8. The van der Waals surface area contributed by atoms with E-state index >= 15 is 0 Å². The first-order valence-electron chi connectivity index (χ1n) is 6.15. The summed E-state index contributed by atoms with van der Waals surface area (Å²) in [5, 5.41) is 5.64. The zero-order chi connectivity index (χ0) is 15.6. The number of thiophene rings is 1. The first-order chi connectivity index (χ1) is 9.86. The lowest BCUT2D eigenvalue weighted by atomic mass is 10.1. The molecule has 0 fully saturated rings. The van der Waals surface area contributed by atoms with Gasteiger partial charge in [-0.3, -0.25) is 4.79 Å². The lowest BCUT2D eigenvalue weighted by molar-refractivity contribution is -0.114. The van der Waals surface area contributed by atoms with Crippen LogP contribution in [0.25, 0.3) is 0 Å². The van der Waals surface area contributed by atoms with Crippen molar-refractivity contribution >= 4 is 51.8 Å². The fourth-order valence-corrected chi connectivity index (χ4v) is 3.52. The van der Waals surface area contributed by atoms with Crippen LogP contribution >= 0.6 is 34.5 Å². The third-order valence-electron chi connectivity index (χ3n) is 2.81. The molecule has 0 aliphatic rings. The van der Waals surface area contributed by atoms with E-state index in [2.05, 4.69) is 10.6 Å². The SMILES string of the molecule is CC(=O)Nc1cc(NC(C)c2cc(Cl)sc2Cl)ccc1F. The zero-order valence-electron chi connectivity index (χ0n) is 11.3. The van der Waals surface area contributed by atoms with Crippen molar-refractivity contribution in [2.45, 2.75) is 19.9 Å². The van der Waals surface area contributed by atoms with E-state index in [1.54, 1.807) is 12.1 Å². The Morgan fingerprint density at radius 1 is 1.33 bits per heavy atom. The Labute approximate surface area is 136 Å². The molecule has 2 N–H and O–H groups in total. The van der Waals surface area contributed by atoms with E-state index in [9.17, 15) is 9.18 Å². The number of benzene rings is 1. The van der Waals surface area contributed by atoms with Crippen LogP contribution in [-0.2, 0) is 4.79 Å². The van der Waals surface area contributed by atoms with Gasteiger partial charge in [0.05, 0.1) is 20.4 Å². The summed E-state index contributed by atoms with van der Waals surface area (Å²) in [6.45, 7) is 3.25. The largest absolute Gasteiger partial charge is 0.378 e. The summed E-state index contributed by atoms with van der Waals surface area (Å²) in [6, 6.07) is 6.12. The van der Waals surface area contributed by atoms with Gasteiger partial charge in [0, 0.05) is 18.2 Å². The van der Waals surface area contributed by atoms with Crippen molar-refractivity contribution in [1.82, 2.24) is 0 Å². The molecule has 0 radical (unpaired) electrons. The molecule has 2 rings (SSSR count). The highest BCUT2D eigenvalue weighted by Gasteiger charge is 2.14. The monoisotopic (exact) mass is 346 g/mol. The Balaban J connectivity index is 2.19. The van der Waals surface area contributed by atoms with E-state index in [0.717, 1.165) is 5.56 Å². The molecule has 1 unspecified atom stereocenters. The predicted molar refractivity (Wildman–Crippen MR) is 87.1 cm³/mol. The fourth-order valence-electron chi connectivity index (χ4n) is 1.88. The van der Waals surface area contributed by atoms with Crippen molar-refractivity contribution < 1.29 is 9.18 Å². The van der Waals surface area contributed by atoms with Crippen LogP contribution in [0.4, 0.5) is 15.8 Å². The van der Waals surface area contributed by atoms with Crippen LogP contribution in [0, 0.1) is 5.82 Å². The van der Waals surface area contributed by atoms with Crippen LogP contribution in [-0.4, -0.2) is 5.91 Å². The zero-order valence-corrected chi connectivity index (χ0v) is 13.7. The average molecular weight is 347 g/mol. The van der Waals surface area contributed by atoms with Gasteiger partial charge in [-0.05, 0) is 31.2 Å². The molecular formula is C14H13Cl2FN2OS. The van der Waals surface area contributed by atoms with Gasteiger partial charge in [0.2, 0.25) is 5.91 Å². The molecule has 0 aliphatic heterocycles. The molecule has 0 saturated heterocycles. The molecule has 1 amide bonds. The van der Waals surface area contributed by atoms with Crippen molar-refractivity contribution in [3.05, 3.63) is 44.3 Å². The predicted octanol–water partition coefficient (Wildman–Crippen LogP) is 5.33. The normalized spacial score (nSPS) is 12.0. The second-order valence-corrected chi connectivity index (χ2v) is 6.81. The summed E-state index contributed by atoms with van der Waals surface area (Å²) in [5.74, 6) is -0.813. The van der Waals surface area contributed by atoms with Gasteiger partial charge in [-0.1, -0.05) is 23.2 Å². The standard InChI is InChI=1S/C14H13Cl2FN2OS/c1-7(10-6-13(15)21-14(10)16)18-9-3-4-11(17)12(5-9)19-8(2)20/h3-7,18H,1-2H3,(H,19,20). The molecule has 0 saturated carbocycles. The molecule has 1 aromatic carbocycles. The summed E-state index contributed by atoms with van der Waals surface area (Å²) in [4.78, 5) is 11.0. The van der Waals surface area contributed by atoms with Crippen LogP contribution < -0.4 is 10.6 Å². The topological polar surface area (TPSA) is 41.1 Å². The van der Waals surface area contributed by atoms with Gasteiger partial charge >= 0.3 is 0 Å². The molecule has 1 aromatic heterocycles. The van der Waals surface area contributed by atoms with Crippen molar-refractivity contribution in [2.24, 2.45) is 0 Å². The lowest BCUT2D eigenvalue weighted by Crippen LogP contribution is -2.10. The number of carbonyl (C=O) groups excluding carboxylic acids is 1. The van der Waals surface area contributed by atoms with Crippen LogP contribution in [0.1, 0.15) is 25.5 Å². The number of anilines is 2. The number of amides is 1. The smallest absolute Gasteiger partial charge is 0.221 e. The maximum Gasteiger partial charge on any atom is 0.221 e. The van der Waals surface area contributed by atoms with Gasteiger partial charge in [0.25, 0.3) is 0 Å². The van der Waals surface area contributed by atoms with Gasteiger partial charge in [0.1, 0.15) is 5.82 Å². The fraction of sp³-hybridized carbons (Fsp3) is 0.214. The van der Waals surface area contributed by atoms with E-state index in [-0.39, 0.29) is 17.6 Å². The minimum Gasteiger partial charge on any atom is -0.378 e. The number of hydrogen-bond donors (Lipinski definition) is 2. The second-order valence-electron chi connectivity index (χ2n) is 4.52. The minimum atomic E-state index is -0.486. The third-order valence-corrected chi connectivity index (χ3v) is 4.33. The van der Waals surface area contributed by atoms with Crippen LogP contribution in [0.3, 0.4) is 0 Å². The van der Waals surface area contributed by atoms with E-state index in [1.807, 2.05) is 6.92 Å². The van der Waals surface area contributed by atoms with E-state index < -0.39 is 5.82 Å². The summed E-state index contributed by atoms with van der Waals surface area (Å²) >= 11 is 13.3. The number of carbonyl (C=O) groups is 1. The maximum atomic E-state index is 13.6. The number of halogens is 3. The van der Waals surface area contributed by atoms with Crippen LogP contribution in [0.15, 0.2) is 24.3 Å². The Morgan fingerprint density at radius 2 is 2.05 bits per heavy atom. The lowest BCUT2D eigenvalue weighted by Gasteiger charge is -2.16. The van der Waals surface area contributed by atoms with Crippen LogP contribution in [0.2, 0.25) is 8.67 Å². The van der Waals surface area contributed by atoms with Crippen molar-refractivity contribution in [2.75, 3.05) is 10.6 Å². The van der Waals surface area contributed by atoms with Crippen molar-refractivity contribution in [3.8, 4) is 0 Å². The van der Waals surface area contributed by atoms with Crippen molar-refractivity contribution in [3.63, 3.8) is 0 Å². The minimum absolute atomic E-state index is 0.100. The number of hydrogen-bond acceptors (Lipinski definition) is 3. The van der Waals surface area contributed by atoms with E-state index in [1.165, 1.54) is 30.4 Å². The van der Waals surface area contributed by atoms with E-state index in [4.69, 9.17) is 23.2 Å². The Morgan fingerprint density at radius 3 is 2.62 bits per heavy atom. The highest BCUT2D eigenvalue weighted by atomic mass is 35.5. The highest BCUT2D eigenvalue weighted by molar-refractivity contribution is 7.20. The summed E-state index contributed by atoms with van der Waals surface area (Å²) in [7, 11) is 0. The van der Waals surface area contributed by atoms with Gasteiger partial charge in [-0.2, -0.15) is 0 Å². The Kier molecular flexibility index (Phi) is 5.08. The molecular weight excluding hydrogens is 334 g/mol. The third kappa shape index (κ3) is 4.09. The Hall–Kier alpha value is -1.30. The average Bonchev–Trinajstić information content (AvgIpc) is 2.72. The van der Waals surface area contributed by atoms with Crippen LogP contribution in [0.5, 0.6) is 0 Å². The molecule has 0 spiro atoms. The van der Waals surface area contributed by atoms with Gasteiger partial charge in [0.15, 0.2) is 0 Å². The van der Waals surface area contributed by atoms with Gasteiger partial charge < -0.3 is 10.6 Å². The molecule has 0 bridgehead atoms. The number of nitrogens with one attached hydrogen (secondary N) is 2. The highest BCUT2D eigenvalue weighted by Crippen LogP contribution is 2.36. The second kappa shape index (κ2) is 6.64. The quantitative estimate of drug-likeness (QED) is 0.785. The van der Waals surface area contributed by atoms with Crippen molar-refractivity contribution in [1.29, 1.82) is 0 Å². The molecule has 3 nitrogen and oxygen atoms in total. The molecule has 2 aromatic rings. The molecule has 1 atom stereocenters. The molecule has 21 heavy (non-hydrogen) atoms. The maximum absolute atomic E-state index is 13.6. The summed E-state index contributed by atoms with van der Waals surface area (Å²) in [6.07, 6.45) is 0. The summed E-state index contributed by atoms with van der Waals surface area (Å²) in [5.41, 5.74) is 1.68. The molecule has 0 aliphatic carbocycles. The molecule has 112 valence electrons. The number of rotatable bonds is 4. The van der Waals surface area contributed by atoms with Gasteiger partial charge in [-0.25, -0.2) is 4.39 Å². The molecule has 1 heterocycles. The van der Waals surface area contributed by atoms with Gasteiger partial charge in [-0.15, -0.1) is 11.3 Å². The molecule has 7 heteroatoms. The first kappa shape index (κ1) is 16.1. The first-order valence-corrected chi connectivity index (χ1v) is 7.72. The Bertz CT molecular complexity index is 675. The van der Waals surface area contributed by atoms with E-state index in [0.29, 0.717) is 14.4 Å².